The van der Waals surface area contributed by atoms with E-state index in [-0.39, 0.29) is 11.6 Å². The second-order valence-corrected chi connectivity index (χ2v) is 1.93. The van der Waals surface area contributed by atoms with Gasteiger partial charge in [-0.25, -0.2) is 0 Å². The Bertz CT molecular complexity index is 338. The molecule has 0 unspecified atom stereocenters. The van der Waals surface area contributed by atoms with Crippen LogP contribution in [0.3, 0.4) is 0 Å². The first-order valence-corrected chi connectivity index (χ1v) is 2.96. The van der Waals surface area contributed by atoms with E-state index in [1.165, 1.54) is 6.26 Å². The molecule has 0 fully saturated rings. The van der Waals surface area contributed by atoms with Gasteiger partial charge in [-0.15, -0.1) is 0 Å². The lowest BCUT2D eigenvalue weighted by molar-refractivity contribution is 0.393. The van der Waals surface area contributed by atoms with Crippen molar-refractivity contribution in [3.05, 3.63) is 18.4 Å². The third-order valence-electron chi connectivity index (χ3n) is 1.23. The number of rotatable bonds is 1. The zero-order valence-electron chi connectivity index (χ0n) is 5.44. The fourth-order valence-electron chi connectivity index (χ4n) is 0.760. The monoisotopic (exact) mass is 150 g/mol. The van der Waals surface area contributed by atoms with Crippen molar-refractivity contribution in [1.82, 2.24) is 16.1 Å². The van der Waals surface area contributed by atoms with Gasteiger partial charge in [-0.2, -0.15) is 0 Å². The van der Waals surface area contributed by atoms with Crippen LogP contribution < -0.4 is 5.73 Å². The molecule has 0 bridgehead atoms. The summed E-state index contributed by atoms with van der Waals surface area (Å²) in [5.74, 6) is 0.718. The summed E-state index contributed by atoms with van der Waals surface area (Å²) in [5.41, 5.74) is 7.20. The maximum absolute atomic E-state index is 7.20. The third-order valence-corrected chi connectivity index (χ3v) is 1.23. The van der Waals surface area contributed by atoms with Crippen LogP contribution in [-0.4, -0.2) is 10.4 Å². The highest BCUT2D eigenvalue weighted by Crippen LogP contribution is 2.23. The normalized spacial score (nSPS) is 10.2. The molecule has 0 aliphatic heterocycles. The van der Waals surface area contributed by atoms with E-state index in [1.54, 1.807) is 12.1 Å². The van der Waals surface area contributed by atoms with Crippen LogP contribution in [0.15, 0.2) is 27.3 Å². The molecule has 0 aliphatic carbocycles. The standard InChI is InChI=1S/C6H4N3O2/c7-6-5(11-9-8-6)4-2-1-3-10-4/h1-3,7H. The number of hydrogen-bond donors (Lipinski definition) is 0. The molecule has 2 rings (SSSR count). The summed E-state index contributed by atoms with van der Waals surface area (Å²) in [6.07, 6.45) is 1.50. The van der Waals surface area contributed by atoms with E-state index in [1.807, 2.05) is 0 Å². The molecule has 0 aromatic carbocycles. The van der Waals surface area contributed by atoms with Gasteiger partial charge in [0.2, 0.25) is 11.6 Å². The van der Waals surface area contributed by atoms with E-state index < -0.39 is 0 Å². The topological polar surface area (TPSA) is 75.9 Å². The van der Waals surface area contributed by atoms with E-state index in [4.69, 9.17) is 10.2 Å². The molecular weight excluding hydrogens is 146 g/mol. The summed E-state index contributed by atoms with van der Waals surface area (Å²) < 4.78 is 9.63. The fourth-order valence-corrected chi connectivity index (χ4v) is 0.760. The van der Waals surface area contributed by atoms with Crippen molar-refractivity contribution in [2.45, 2.75) is 0 Å². The average molecular weight is 150 g/mol. The van der Waals surface area contributed by atoms with Crippen LogP contribution in [0, 0.1) is 0 Å². The first kappa shape index (κ1) is 5.96. The number of furan rings is 1. The van der Waals surface area contributed by atoms with Crippen molar-refractivity contribution in [2.75, 3.05) is 0 Å². The number of nitrogens with one attached hydrogen (secondary N) is 1. The van der Waals surface area contributed by atoms with Gasteiger partial charge in [-0.05, 0) is 12.1 Å². The van der Waals surface area contributed by atoms with E-state index in [9.17, 15) is 0 Å². The predicted octanol–water partition coefficient (Wildman–Crippen LogP) is 1.24. The maximum atomic E-state index is 7.20. The van der Waals surface area contributed by atoms with Crippen LogP contribution in [0.5, 0.6) is 0 Å². The SMILES string of the molecule is [NH]c1nnoc1-c1ccco1. The van der Waals surface area contributed by atoms with Crippen LogP contribution >= 0.6 is 0 Å². The van der Waals surface area contributed by atoms with Crippen LogP contribution in [0.1, 0.15) is 0 Å². The van der Waals surface area contributed by atoms with Crippen LogP contribution in [0.2, 0.25) is 0 Å². The second-order valence-electron chi connectivity index (χ2n) is 1.93. The van der Waals surface area contributed by atoms with E-state index in [2.05, 4.69) is 14.9 Å². The minimum absolute atomic E-state index is 0.0139. The predicted molar refractivity (Wildman–Crippen MR) is 34.8 cm³/mol. The zero-order chi connectivity index (χ0) is 7.68. The van der Waals surface area contributed by atoms with Gasteiger partial charge in [-0.3, -0.25) is 5.73 Å². The molecule has 0 spiro atoms. The number of hydrogen-bond acceptors (Lipinski definition) is 4. The Morgan fingerprint density at radius 3 is 2.91 bits per heavy atom. The van der Waals surface area contributed by atoms with Crippen LogP contribution in [0.4, 0.5) is 5.82 Å². The second kappa shape index (κ2) is 2.12. The van der Waals surface area contributed by atoms with Gasteiger partial charge < -0.3 is 8.94 Å². The molecule has 55 valence electrons. The summed E-state index contributed by atoms with van der Waals surface area (Å²) in [6, 6.07) is 3.39. The molecule has 1 radical (unpaired) electrons. The lowest BCUT2D eigenvalue weighted by atomic mass is 10.3. The Balaban J connectivity index is 2.53. The van der Waals surface area contributed by atoms with Gasteiger partial charge >= 0.3 is 0 Å². The highest BCUT2D eigenvalue weighted by Gasteiger charge is 2.11. The Morgan fingerprint density at radius 2 is 2.36 bits per heavy atom. The first-order chi connectivity index (χ1) is 5.38. The highest BCUT2D eigenvalue weighted by molar-refractivity contribution is 5.59. The van der Waals surface area contributed by atoms with Gasteiger partial charge in [0.05, 0.1) is 6.26 Å². The highest BCUT2D eigenvalue weighted by atomic mass is 16.5. The minimum atomic E-state index is -0.0139. The van der Waals surface area contributed by atoms with Crippen LogP contribution in [0.25, 0.3) is 11.5 Å². The average Bonchev–Trinajstić information content (AvgIpc) is 2.55. The Kier molecular flexibility index (Phi) is 1.15. The fraction of sp³-hybridized carbons (Fsp3) is 0. The van der Waals surface area contributed by atoms with Crippen LogP contribution in [-0.2, 0) is 0 Å². The zero-order valence-corrected chi connectivity index (χ0v) is 5.44. The van der Waals surface area contributed by atoms with Gasteiger partial charge in [0, 0.05) is 5.27 Å². The van der Waals surface area contributed by atoms with Crippen molar-refractivity contribution in [1.29, 1.82) is 0 Å². The summed E-state index contributed by atoms with van der Waals surface area (Å²) in [5, 5.41) is 6.57. The van der Waals surface area contributed by atoms with Gasteiger partial charge in [-0.1, -0.05) is 5.10 Å². The first-order valence-electron chi connectivity index (χ1n) is 2.96. The van der Waals surface area contributed by atoms with Crippen molar-refractivity contribution >= 4 is 5.82 Å². The molecule has 0 saturated carbocycles. The molecule has 5 nitrogen and oxygen atoms in total. The molecule has 0 atom stereocenters. The Hall–Kier alpha value is -1.78. The summed E-state index contributed by atoms with van der Waals surface area (Å²) in [6.45, 7) is 0. The Labute approximate surface area is 61.8 Å². The molecule has 1 N–H and O–H groups in total. The molecule has 11 heavy (non-hydrogen) atoms. The van der Waals surface area contributed by atoms with Crippen molar-refractivity contribution in [2.24, 2.45) is 0 Å². The molecule has 0 aliphatic rings. The smallest absolute Gasteiger partial charge is 0.248 e. The number of nitrogens with zero attached hydrogens (tertiary/aromatic N) is 2. The lowest BCUT2D eigenvalue weighted by Gasteiger charge is -1.84. The number of aromatic nitrogens is 2. The lowest BCUT2D eigenvalue weighted by Crippen LogP contribution is -1.71. The maximum Gasteiger partial charge on any atom is 0.248 e. The van der Waals surface area contributed by atoms with Crippen molar-refractivity contribution in [3.63, 3.8) is 0 Å². The van der Waals surface area contributed by atoms with Crippen molar-refractivity contribution < 1.29 is 8.94 Å². The van der Waals surface area contributed by atoms with Gasteiger partial charge in [0.1, 0.15) is 0 Å². The van der Waals surface area contributed by atoms with E-state index >= 15 is 0 Å². The van der Waals surface area contributed by atoms with E-state index in [0.29, 0.717) is 5.76 Å². The molecule has 2 aromatic heterocycles. The largest absolute Gasteiger partial charge is 0.461 e. The molecular formula is C6H4N3O2. The quantitative estimate of drug-likeness (QED) is 0.612. The summed E-state index contributed by atoms with van der Waals surface area (Å²) in [4.78, 5) is 0. The minimum Gasteiger partial charge on any atom is -0.461 e. The molecule has 0 saturated heterocycles. The third kappa shape index (κ3) is 0.861. The molecule has 2 heterocycles. The summed E-state index contributed by atoms with van der Waals surface area (Å²) in [7, 11) is 0. The Morgan fingerprint density at radius 1 is 1.45 bits per heavy atom. The molecule has 0 amide bonds. The van der Waals surface area contributed by atoms with Gasteiger partial charge in [0.15, 0.2) is 5.76 Å². The van der Waals surface area contributed by atoms with Crippen molar-refractivity contribution in [3.8, 4) is 11.5 Å². The summed E-state index contributed by atoms with van der Waals surface area (Å²) >= 11 is 0. The van der Waals surface area contributed by atoms with Gasteiger partial charge in [0.25, 0.3) is 0 Å². The molecule has 5 heteroatoms. The van der Waals surface area contributed by atoms with E-state index in [0.717, 1.165) is 0 Å². The molecule has 2 aromatic rings.